The van der Waals surface area contributed by atoms with Gasteiger partial charge in [-0.2, -0.15) is 0 Å². The fourth-order valence-electron chi connectivity index (χ4n) is 2.16. The average Bonchev–Trinajstić information content (AvgIpc) is 2.96. The lowest BCUT2D eigenvalue weighted by atomic mass is 10.2. The standard InChI is InChI=1S/C17H16N2O2/c1-12-5-7-14(8-6-12)21-11-16(20)19-15-4-2-3-13-9-10-18-17(13)15/h2-10,18H,11H2,1H3,(H,19,20). The number of rotatable bonds is 4. The van der Waals surface area contributed by atoms with Gasteiger partial charge >= 0.3 is 0 Å². The van der Waals surface area contributed by atoms with E-state index in [1.165, 1.54) is 0 Å². The summed E-state index contributed by atoms with van der Waals surface area (Å²) in [5.74, 6) is 0.506. The molecule has 0 bridgehead atoms. The first kappa shape index (κ1) is 13.2. The molecule has 3 aromatic rings. The molecule has 0 fully saturated rings. The molecule has 0 aliphatic rings. The molecule has 1 amide bonds. The van der Waals surface area contributed by atoms with Gasteiger partial charge in [-0.3, -0.25) is 4.79 Å². The zero-order valence-corrected chi connectivity index (χ0v) is 11.7. The minimum absolute atomic E-state index is 0.0137. The van der Waals surface area contributed by atoms with Crippen molar-refractivity contribution in [3.05, 3.63) is 60.3 Å². The van der Waals surface area contributed by atoms with Gasteiger partial charge in [0, 0.05) is 11.6 Å². The summed E-state index contributed by atoms with van der Waals surface area (Å²) in [6, 6.07) is 15.3. The molecule has 0 saturated heterocycles. The first-order valence-electron chi connectivity index (χ1n) is 6.78. The molecule has 2 N–H and O–H groups in total. The Morgan fingerprint density at radius 2 is 1.95 bits per heavy atom. The van der Waals surface area contributed by atoms with Crippen LogP contribution in [0.15, 0.2) is 54.7 Å². The second-order valence-electron chi connectivity index (χ2n) is 4.90. The van der Waals surface area contributed by atoms with E-state index < -0.39 is 0 Å². The van der Waals surface area contributed by atoms with E-state index in [1.54, 1.807) is 0 Å². The van der Waals surface area contributed by atoms with E-state index in [2.05, 4.69) is 10.3 Å². The lowest BCUT2D eigenvalue weighted by Crippen LogP contribution is -2.20. The van der Waals surface area contributed by atoms with Crippen molar-refractivity contribution < 1.29 is 9.53 Å². The maximum absolute atomic E-state index is 12.0. The average molecular weight is 280 g/mol. The molecule has 0 radical (unpaired) electrons. The Hall–Kier alpha value is -2.75. The molecule has 0 saturated carbocycles. The summed E-state index contributed by atoms with van der Waals surface area (Å²) < 4.78 is 5.47. The summed E-state index contributed by atoms with van der Waals surface area (Å²) in [5, 5.41) is 3.92. The van der Waals surface area contributed by atoms with Crippen LogP contribution >= 0.6 is 0 Å². The predicted octanol–water partition coefficient (Wildman–Crippen LogP) is 3.49. The number of H-pyrrole nitrogens is 1. The number of fused-ring (bicyclic) bond motifs is 1. The summed E-state index contributed by atoms with van der Waals surface area (Å²) in [5.41, 5.74) is 2.83. The number of benzene rings is 2. The highest BCUT2D eigenvalue weighted by molar-refractivity contribution is 6.01. The molecule has 0 atom stereocenters. The van der Waals surface area contributed by atoms with Crippen LogP contribution in [0.5, 0.6) is 5.75 Å². The van der Waals surface area contributed by atoms with Crippen molar-refractivity contribution in [1.82, 2.24) is 4.98 Å². The summed E-state index contributed by atoms with van der Waals surface area (Å²) in [6.07, 6.45) is 1.85. The number of aromatic nitrogens is 1. The van der Waals surface area contributed by atoms with E-state index in [-0.39, 0.29) is 12.5 Å². The smallest absolute Gasteiger partial charge is 0.262 e. The normalized spacial score (nSPS) is 10.5. The predicted molar refractivity (Wildman–Crippen MR) is 83.6 cm³/mol. The first-order chi connectivity index (χ1) is 10.2. The van der Waals surface area contributed by atoms with Gasteiger partial charge < -0.3 is 15.0 Å². The fourth-order valence-corrected chi connectivity index (χ4v) is 2.16. The van der Waals surface area contributed by atoms with Gasteiger partial charge in [0.05, 0.1) is 11.2 Å². The van der Waals surface area contributed by atoms with Crippen molar-refractivity contribution in [3.8, 4) is 5.75 Å². The van der Waals surface area contributed by atoms with E-state index in [0.717, 1.165) is 22.2 Å². The Bertz CT molecular complexity index is 760. The molecule has 0 aliphatic carbocycles. The molecular formula is C17H16N2O2. The number of carbonyl (C=O) groups is 1. The quantitative estimate of drug-likeness (QED) is 0.768. The summed E-state index contributed by atoms with van der Waals surface area (Å²) >= 11 is 0. The van der Waals surface area contributed by atoms with Crippen LogP contribution in [0.3, 0.4) is 0 Å². The van der Waals surface area contributed by atoms with Crippen LogP contribution in [0.4, 0.5) is 5.69 Å². The Balaban J connectivity index is 1.64. The van der Waals surface area contributed by atoms with E-state index in [0.29, 0.717) is 5.75 Å². The van der Waals surface area contributed by atoms with Gasteiger partial charge in [-0.25, -0.2) is 0 Å². The molecule has 1 heterocycles. The van der Waals surface area contributed by atoms with E-state index in [9.17, 15) is 4.79 Å². The third-order valence-corrected chi connectivity index (χ3v) is 3.25. The number of hydrogen-bond donors (Lipinski definition) is 2. The molecule has 4 heteroatoms. The SMILES string of the molecule is Cc1ccc(OCC(=O)Nc2cccc3cc[nH]c23)cc1. The molecule has 2 aromatic carbocycles. The van der Waals surface area contributed by atoms with Gasteiger partial charge in [0.2, 0.25) is 0 Å². The number of nitrogens with one attached hydrogen (secondary N) is 2. The lowest BCUT2D eigenvalue weighted by Gasteiger charge is -2.08. The molecule has 4 nitrogen and oxygen atoms in total. The molecule has 3 rings (SSSR count). The topological polar surface area (TPSA) is 54.1 Å². The van der Waals surface area contributed by atoms with E-state index >= 15 is 0 Å². The van der Waals surface area contributed by atoms with Gasteiger partial charge in [-0.15, -0.1) is 0 Å². The maximum atomic E-state index is 12.0. The Kier molecular flexibility index (Phi) is 3.60. The zero-order chi connectivity index (χ0) is 14.7. The number of ether oxygens (including phenoxy) is 1. The van der Waals surface area contributed by atoms with Crippen molar-refractivity contribution in [2.45, 2.75) is 6.92 Å². The number of hydrogen-bond acceptors (Lipinski definition) is 2. The van der Waals surface area contributed by atoms with Crippen LogP contribution in [0, 0.1) is 6.92 Å². The highest BCUT2D eigenvalue weighted by Gasteiger charge is 2.07. The van der Waals surface area contributed by atoms with Crippen LogP contribution < -0.4 is 10.1 Å². The zero-order valence-electron chi connectivity index (χ0n) is 11.7. The van der Waals surface area contributed by atoms with Gasteiger partial charge in [0.1, 0.15) is 5.75 Å². The van der Waals surface area contributed by atoms with Gasteiger partial charge in [0.15, 0.2) is 6.61 Å². The molecule has 1 aromatic heterocycles. The van der Waals surface area contributed by atoms with Crippen molar-refractivity contribution >= 4 is 22.5 Å². The van der Waals surface area contributed by atoms with Crippen LogP contribution in [-0.4, -0.2) is 17.5 Å². The number of carbonyl (C=O) groups excluding carboxylic acids is 1. The Labute approximate surface area is 122 Å². The summed E-state index contributed by atoms with van der Waals surface area (Å²) in [7, 11) is 0. The number of aryl methyl sites for hydroxylation is 1. The van der Waals surface area contributed by atoms with E-state index in [1.807, 2.05) is 61.7 Å². The maximum Gasteiger partial charge on any atom is 0.262 e. The Morgan fingerprint density at radius 1 is 1.14 bits per heavy atom. The van der Waals surface area contributed by atoms with Gasteiger partial charge in [-0.05, 0) is 31.2 Å². The van der Waals surface area contributed by atoms with Crippen molar-refractivity contribution in [3.63, 3.8) is 0 Å². The number of aromatic amines is 1. The summed E-state index contributed by atoms with van der Waals surface area (Å²) in [4.78, 5) is 15.1. The van der Waals surface area contributed by atoms with Gasteiger partial charge in [-0.1, -0.05) is 29.8 Å². The molecule has 0 unspecified atom stereocenters. The highest BCUT2D eigenvalue weighted by atomic mass is 16.5. The number of anilines is 1. The second-order valence-corrected chi connectivity index (χ2v) is 4.90. The molecular weight excluding hydrogens is 264 g/mol. The van der Waals surface area contributed by atoms with Crippen LogP contribution in [-0.2, 0) is 4.79 Å². The lowest BCUT2D eigenvalue weighted by molar-refractivity contribution is -0.118. The minimum Gasteiger partial charge on any atom is -0.484 e. The fraction of sp³-hybridized carbons (Fsp3) is 0.118. The van der Waals surface area contributed by atoms with Crippen molar-refractivity contribution in [2.24, 2.45) is 0 Å². The Morgan fingerprint density at radius 3 is 2.76 bits per heavy atom. The second kappa shape index (κ2) is 5.71. The van der Waals surface area contributed by atoms with Crippen LogP contribution in [0.25, 0.3) is 10.9 Å². The summed E-state index contributed by atoms with van der Waals surface area (Å²) in [6.45, 7) is 1.99. The highest BCUT2D eigenvalue weighted by Crippen LogP contribution is 2.21. The molecule has 106 valence electrons. The first-order valence-corrected chi connectivity index (χ1v) is 6.78. The third kappa shape index (κ3) is 3.05. The monoisotopic (exact) mass is 280 g/mol. The number of para-hydroxylation sites is 1. The molecule has 0 aliphatic heterocycles. The van der Waals surface area contributed by atoms with Crippen molar-refractivity contribution in [1.29, 1.82) is 0 Å². The molecule has 0 spiro atoms. The largest absolute Gasteiger partial charge is 0.484 e. The van der Waals surface area contributed by atoms with Crippen molar-refractivity contribution in [2.75, 3.05) is 11.9 Å². The number of amides is 1. The van der Waals surface area contributed by atoms with Gasteiger partial charge in [0.25, 0.3) is 5.91 Å². The van der Waals surface area contributed by atoms with Crippen LogP contribution in [0.1, 0.15) is 5.56 Å². The minimum atomic E-state index is -0.183. The third-order valence-electron chi connectivity index (χ3n) is 3.25. The van der Waals surface area contributed by atoms with Crippen LogP contribution in [0.2, 0.25) is 0 Å². The molecule has 21 heavy (non-hydrogen) atoms. The van der Waals surface area contributed by atoms with E-state index in [4.69, 9.17) is 4.74 Å².